The van der Waals surface area contributed by atoms with E-state index in [2.05, 4.69) is 41.3 Å². The van der Waals surface area contributed by atoms with Crippen molar-refractivity contribution in [2.45, 2.75) is 52.5 Å². The van der Waals surface area contributed by atoms with E-state index in [0.717, 1.165) is 38.1 Å². The lowest BCUT2D eigenvalue weighted by molar-refractivity contribution is 0.160. The number of nitrogens with zero attached hydrogens (tertiary/aromatic N) is 2. The van der Waals surface area contributed by atoms with E-state index in [1.165, 1.54) is 32.4 Å². The molecule has 0 aromatic rings. The van der Waals surface area contributed by atoms with Crippen LogP contribution < -0.4 is 10.6 Å². The van der Waals surface area contributed by atoms with Crippen molar-refractivity contribution in [1.82, 2.24) is 15.5 Å². The fourth-order valence-electron chi connectivity index (χ4n) is 2.46. The number of rotatable bonds is 6. The molecule has 0 spiro atoms. The van der Waals surface area contributed by atoms with Crippen molar-refractivity contribution in [3.8, 4) is 0 Å². The zero-order chi connectivity index (χ0) is 13.2. The van der Waals surface area contributed by atoms with Crippen LogP contribution in [0.25, 0.3) is 0 Å². The smallest absolute Gasteiger partial charge is 0.191 e. The number of likely N-dealkylation sites (tertiary alicyclic amines) is 1. The fourth-order valence-corrected chi connectivity index (χ4v) is 2.46. The summed E-state index contributed by atoms with van der Waals surface area (Å²) in [6, 6.07) is 0.768. The van der Waals surface area contributed by atoms with Crippen molar-refractivity contribution in [3.05, 3.63) is 0 Å². The van der Waals surface area contributed by atoms with Crippen LogP contribution in [0.3, 0.4) is 0 Å². The van der Waals surface area contributed by atoms with E-state index >= 15 is 0 Å². The first-order chi connectivity index (χ1) is 8.77. The Morgan fingerprint density at radius 3 is 2.56 bits per heavy atom. The molecule has 0 aliphatic carbocycles. The molecule has 1 unspecified atom stereocenters. The SMILES string of the molecule is CCNC(=NCCCN1CCCCC1C)NCC. The molecule has 1 rings (SSSR count). The van der Waals surface area contributed by atoms with Gasteiger partial charge in [0.15, 0.2) is 5.96 Å². The Hall–Kier alpha value is -0.770. The fraction of sp³-hybridized carbons (Fsp3) is 0.929. The van der Waals surface area contributed by atoms with Gasteiger partial charge >= 0.3 is 0 Å². The van der Waals surface area contributed by atoms with Crippen LogP contribution >= 0.6 is 0 Å². The van der Waals surface area contributed by atoms with Gasteiger partial charge in [-0.3, -0.25) is 4.99 Å². The third-order valence-electron chi connectivity index (χ3n) is 3.50. The summed E-state index contributed by atoms with van der Waals surface area (Å²) in [5.74, 6) is 0.951. The molecule has 1 aliphatic heterocycles. The second-order valence-corrected chi connectivity index (χ2v) is 5.03. The van der Waals surface area contributed by atoms with Crippen molar-refractivity contribution >= 4 is 5.96 Å². The van der Waals surface area contributed by atoms with Crippen molar-refractivity contribution in [2.75, 3.05) is 32.7 Å². The quantitative estimate of drug-likeness (QED) is 0.431. The van der Waals surface area contributed by atoms with Crippen LogP contribution in [0.15, 0.2) is 4.99 Å². The van der Waals surface area contributed by atoms with Crippen molar-refractivity contribution in [1.29, 1.82) is 0 Å². The summed E-state index contributed by atoms with van der Waals surface area (Å²) in [6.07, 6.45) is 5.29. The lowest BCUT2D eigenvalue weighted by Gasteiger charge is -2.33. The number of aliphatic imine (C=N–C) groups is 1. The summed E-state index contributed by atoms with van der Waals surface area (Å²) in [4.78, 5) is 7.19. The average molecular weight is 254 g/mol. The molecule has 0 aromatic carbocycles. The molecular weight excluding hydrogens is 224 g/mol. The normalized spacial score (nSPS) is 20.5. The maximum absolute atomic E-state index is 4.58. The Labute approximate surface area is 112 Å². The molecule has 0 saturated carbocycles. The molecule has 4 nitrogen and oxygen atoms in total. The molecule has 0 bridgehead atoms. The zero-order valence-corrected chi connectivity index (χ0v) is 12.3. The lowest BCUT2D eigenvalue weighted by Crippen LogP contribution is -2.39. The maximum Gasteiger partial charge on any atom is 0.191 e. The van der Waals surface area contributed by atoms with Crippen LogP contribution in [0.2, 0.25) is 0 Å². The molecule has 1 aliphatic rings. The lowest BCUT2D eigenvalue weighted by atomic mass is 10.0. The highest BCUT2D eigenvalue weighted by atomic mass is 15.2. The van der Waals surface area contributed by atoms with E-state index in [1.807, 2.05) is 0 Å². The summed E-state index contributed by atoms with van der Waals surface area (Å²) in [6.45, 7) is 11.8. The Morgan fingerprint density at radius 1 is 1.22 bits per heavy atom. The first-order valence-corrected chi connectivity index (χ1v) is 7.54. The minimum absolute atomic E-state index is 0.768. The molecular formula is C14H30N4. The van der Waals surface area contributed by atoms with Crippen LogP contribution in [0.5, 0.6) is 0 Å². The molecule has 18 heavy (non-hydrogen) atoms. The molecule has 1 fully saturated rings. The molecule has 1 saturated heterocycles. The molecule has 1 heterocycles. The number of hydrogen-bond acceptors (Lipinski definition) is 2. The predicted octanol–water partition coefficient (Wildman–Crippen LogP) is 1.83. The van der Waals surface area contributed by atoms with Crippen LogP contribution in [0, 0.1) is 0 Å². The van der Waals surface area contributed by atoms with Crippen LogP contribution in [-0.4, -0.2) is 49.6 Å². The first kappa shape index (κ1) is 15.3. The van der Waals surface area contributed by atoms with Gasteiger partial charge in [0.1, 0.15) is 0 Å². The van der Waals surface area contributed by atoms with E-state index in [4.69, 9.17) is 0 Å². The van der Waals surface area contributed by atoms with Gasteiger partial charge in [-0.05, 0) is 46.6 Å². The first-order valence-electron chi connectivity index (χ1n) is 7.54. The highest BCUT2D eigenvalue weighted by molar-refractivity contribution is 5.79. The largest absolute Gasteiger partial charge is 0.357 e. The van der Waals surface area contributed by atoms with Gasteiger partial charge in [0.2, 0.25) is 0 Å². The van der Waals surface area contributed by atoms with E-state index in [9.17, 15) is 0 Å². The number of nitrogens with one attached hydrogen (secondary N) is 2. The minimum Gasteiger partial charge on any atom is -0.357 e. The topological polar surface area (TPSA) is 39.7 Å². The zero-order valence-electron chi connectivity index (χ0n) is 12.3. The molecule has 4 heteroatoms. The maximum atomic E-state index is 4.58. The highest BCUT2D eigenvalue weighted by Crippen LogP contribution is 2.16. The average Bonchev–Trinajstić information content (AvgIpc) is 2.37. The van der Waals surface area contributed by atoms with Gasteiger partial charge in [-0.15, -0.1) is 0 Å². The Balaban J connectivity index is 2.20. The van der Waals surface area contributed by atoms with Crippen molar-refractivity contribution in [2.24, 2.45) is 4.99 Å². The van der Waals surface area contributed by atoms with Crippen molar-refractivity contribution in [3.63, 3.8) is 0 Å². The van der Waals surface area contributed by atoms with Gasteiger partial charge in [-0.25, -0.2) is 0 Å². The Kier molecular flexibility index (Phi) is 7.81. The molecule has 0 amide bonds. The van der Waals surface area contributed by atoms with Gasteiger partial charge in [0, 0.05) is 32.2 Å². The van der Waals surface area contributed by atoms with Crippen LogP contribution in [0.1, 0.15) is 46.5 Å². The van der Waals surface area contributed by atoms with Crippen molar-refractivity contribution < 1.29 is 0 Å². The minimum atomic E-state index is 0.768. The number of hydrogen-bond donors (Lipinski definition) is 2. The molecule has 1 atom stereocenters. The summed E-state index contributed by atoms with van der Waals surface area (Å²) in [7, 11) is 0. The van der Waals surface area contributed by atoms with E-state index < -0.39 is 0 Å². The Bertz CT molecular complexity index is 232. The van der Waals surface area contributed by atoms with Crippen LogP contribution in [-0.2, 0) is 0 Å². The van der Waals surface area contributed by atoms with E-state index in [0.29, 0.717) is 0 Å². The second kappa shape index (κ2) is 9.20. The number of piperidine rings is 1. The van der Waals surface area contributed by atoms with Gasteiger partial charge in [0.25, 0.3) is 0 Å². The van der Waals surface area contributed by atoms with Gasteiger partial charge in [-0.1, -0.05) is 6.42 Å². The molecule has 106 valence electrons. The van der Waals surface area contributed by atoms with Crippen LogP contribution in [0.4, 0.5) is 0 Å². The summed E-state index contributed by atoms with van der Waals surface area (Å²) in [5.41, 5.74) is 0. The van der Waals surface area contributed by atoms with Gasteiger partial charge in [0.05, 0.1) is 0 Å². The summed E-state index contributed by atoms with van der Waals surface area (Å²) >= 11 is 0. The summed E-state index contributed by atoms with van der Waals surface area (Å²) in [5, 5.41) is 6.51. The van der Waals surface area contributed by atoms with Gasteiger partial charge < -0.3 is 15.5 Å². The standard InChI is InChI=1S/C14H30N4/c1-4-15-14(16-5-2)17-10-8-12-18-11-7-6-9-13(18)3/h13H,4-12H2,1-3H3,(H2,15,16,17). The number of guanidine groups is 1. The van der Waals surface area contributed by atoms with E-state index in [-0.39, 0.29) is 0 Å². The molecule has 0 radical (unpaired) electrons. The molecule has 2 N–H and O–H groups in total. The third kappa shape index (κ3) is 5.71. The second-order valence-electron chi connectivity index (χ2n) is 5.03. The highest BCUT2D eigenvalue weighted by Gasteiger charge is 2.16. The van der Waals surface area contributed by atoms with E-state index in [1.54, 1.807) is 0 Å². The Morgan fingerprint density at radius 2 is 1.94 bits per heavy atom. The monoisotopic (exact) mass is 254 g/mol. The van der Waals surface area contributed by atoms with Gasteiger partial charge in [-0.2, -0.15) is 0 Å². The molecule has 0 aromatic heterocycles. The third-order valence-corrected chi connectivity index (χ3v) is 3.50. The summed E-state index contributed by atoms with van der Waals surface area (Å²) < 4.78 is 0. The predicted molar refractivity (Wildman–Crippen MR) is 79.2 cm³/mol.